The molecule has 0 aliphatic carbocycles. The summed E-state index contributed by atoms with van der Waals surface area (Å²) < 4.78 is 13.5. The van der Waals surface area contributed by atoms with E-state index in [4.69, 9.17) is 0 Å². The van der Waals surface area contributed by atoms with Crippen LogP contribution in [0.2, 0.25) is 0 Å². The highest BCUT2D eigenvalue weighted by Gasteiger charge is 2.20. The number of nitrogens with one attached hydrogen (secondary N) is 1. The molecule has 0 unspecified atom stereocenters. The van der Waals surface area contributed by atoms with Crippen LogP contribution in [0.25, 0.3) is 0 Å². The van der Waals surface area contributed by atoms with Crippen LogP contribution in [0.3, 0.4) is 0 Å². The van der Waals surface area contributed by atoms with Crippen LogP contribution >= 0.6 is 0 Å². The minimum Gasteiger partial charge on any atom is -0.354 e. The Hall–Kier alpha value is -2.50. The Kier molecular flexibility index (Phi) is 4.80. The first kappa shape index (κ1) is 15.4. The van der Waals surface area contributed by atoms with Gasteiger partial charge in [0.15, 0.2) is 0 Å². The van der Waals surface area contributed by atoms with Gasteiger partial charge in [-0.3, -0.25) is 4.79 Å². The van der Waals surface area contributed by atoms with Crippen LogP contribution in [-0.4, -0.2) is 40.4 Å². The summed E-state index contributed by atoms with van der Waals surface area (Å²) in [6, 6.07) is 8.31. The number of rotatable bonds is 5. The van der Waals surface area contributed by atoms with Gasteiger partial charge in [-0.25, -0.2) is 14.4 Å². The minimum absolute atomic E-state index is 0.0537. The average Bonchev–Trinajstić information content (AvgIpc) is 3.11. The molecule has 2 aromatic rings. The third kappa shape index (κ3) is 3.83. The molecule has 1 N–H and O–H groups in total. The van der Waals surface area contributed by atoms with Gasteiger partial charge in [0.1, 0.15) is 11.5 Å². The SMILES string of the molecule is O=C(c1ccnc(NCCc2ccccc2F)n1)N1CCCC1. The van der Waals surface area contributed by atoms with Crippen molar-refractivity contribution in [1.82, 2.24) is 14.9 Å². The van der Waals surface area contributed by atoms with Crippen molar-refractivity contribution in [1.29, 1.82) is 0 Å². The molecule has 0 atom stereocenters. The first-order chi connectivity index (χ1) is 11.2. The second-order valence-electron chi connectivity index (χ2n) is 5.53. The maximum absolute atomic E-state index is 13.5. The molecular weight excluding hydrogens is 295 g/mol. The van der Waals surface area contributed by atoms with Crippen LogP contribution in [0.5, 0.6) is 0 Å². The van der Waals surface area contributed by atoms with Gasteiger partial charge in [0, 0.05) is 25.8 Å². The van der Waals surface area contributed by atoms with Gasteiger partial charge >= 0.3 is 0 Å². The smallest absolute Gasteiger partial charge is 0.272 e. The molecule has 6 heteroatoms. The summed E-state index contributed by atoms with van der Waals surface area (Å²) >= 11 is 0. The summed E-state index contributed by atoms with van der Waals surface area (Å²) in [6.45, 7) is 2.08. The number of halogens is 1. The average molecular weight is 314 g/mol. The number of carbonyl (C=O) groups is 1. The zero-order chi connectivity index (χ0) is 16.1. The largest absolute Gasteiger partial charge is 0.354 e. The van der Waals surface area contributed by atoms with E-state index in [1.807, 2.05) is 11.0 Å². The number of amides is 1. The predicted octanol–water partition coefficient (Wildman–Crippen LogP) is 2.51. The molecule has 1 aromatic carbocycles. The van der Waals surface area contributed by atoms with E-state index in [1.165, 1.54) is 6.07 Å². The Labute approximate surface area is 134 Å². The van der Waals surface area contributed by atoms with Gasteiger partial charge < -0.3 is 10.2 Å². The molecule has 0 saturated carbocycles. The Balaban J connectivity index is 1.59. The highest BCUT2D eigenvalue weighted by molar-refractivity contribution is 5.92. The van der Waals surface area contributed by atoms with E-state index in [1.54, 1.807) is 24.4 Å². The topological polar surface area (TPSA) is 58.1 Å². The lowest BCUT2D eigenvalue weighted by atomic mass is 10.1. The van der Waals surface area contributed by atoms with Gasteiger partial charge in [-0.1, -0.05) is 18.2 Å². The van der Waals surface area contributed by atoms with Gasteiger partial charge in [0.05, 0.1) is 0 Å². The van der Waals surface area contributed by atoms with E-state index in [-0.39, 0.29) is 11.7 Å². The molecule has 3 rings (SSSR count). The molecular formula is C17H19FN4O. The van der Waals surface area contributed by atoms with Crippen LogP contribution in [-0.2, 0) is 6.42 Å². The Morgan fingerprint density at radius 3 is 2.78 bits per heavy atom. The second-order valence-corrected chi connectivity index (χ2v) is 5.53. The zero-order valence-corrected chi connectivity index (χ0v) is 12.8. The number of aromatic nitrogens is 2. The van der Waals surface area contributed by atoms with Crippen molar-refractivity contribution in [3.63, 3.8) is 0 Å². The molecule has 0 bridgehead atoms. The zero-order valence-electron chi connectivity index (χ0n) is 12.8. The monoisotopic (exact) mass is 314 g/mol. The van der Waals surface area contributed by atoms with Crippen LogP contribution < -0.4 is 5.32 Å². The summed E-state index contributed by atoms with van der Waals surface area (Å²) in [6.07, 6.45) is 4.19. The lowest BCUT2D eigenvalue weighted by molar-refractivity contribution is 0.0787. The van der Waals surface area contributed by atoms with E-state index in [0.717, 1.165) is 25.9 Å². The van der Waals surface area contributed by atoms with Crippen molar-refractivity contribution in [2.75, 3.05) is 25.0 Å². The maximum atomic E-state index is 13.5. The first-order valence-electron chi connectivity index (χ1n) is 7.83. The van der Waals surface area contributed by atoms with Crippen LogP contribution in [0, 0.1) is 5.82 Å². The van der Waals surface area contributed by atoms with E-state index >= 15 is 0 Å². The third-order valence-electron chi connectivity index (χ3n) is 3.90. The highest BCUT2D eigenvalue weighted by Crippen LogP contribution is 2.12. The number of hydrogen-bond donors (Lipinski definition) is 1. The maximum Gasteiger partial charge on any atom is 0.272 e. The number of carbonyl (C=O) groups excluding carboxylic acids is 1. The van der Waals surface area contributed by atoms with Gasteiger partial charge in [-0.2, -0.15) is 0 Å². The van der Waals surface area contributed by atoms with Crippen LogP contribution in [0.15, 0.2) is 36.5 Å². The summed E-state index contributed by atoms with van der Waals surface area (Å²) in [7, 11) is 0. The summed E-state index contributed by atoms with van der Waals surface area (Å²) in [5.74, 6) is 0.127. The number of hydrogen-bond acceptors (Lipinski definition) is 4. The van der Waals surface area contributed by atoms with Crippen molar-refractivity contribution >= 4 is 11.9 Å². The number of benzene rings is 1. The van der Waals surface area contributed by atoms with E-state index in [0.29, 0.717) is 30.2 Å². The van der Waals surface area contributed by atoms with Crippen molar-refractivity contribution < 1.29 is 9.18 Å². The second kappa shape index (κ2) is 7.17. The highest BCUT2D eigenvalue weighted by atomic mass is 19.1. The van der Waals surface area contributed by atoms with Gasteiger partial charge in [0.25, 0.3) is 5.91 Å². The third-order valence-corrected chi connectivity index (χ3v) is 3.90. The van der Waals surface area contributed by atoms with Gasteiger partial charge in [-0.05, 0) is 37.0 Å². The van der Waals surface area contributed by atoms with Crippen molar-refractivity contribution in [2.45, 2.75) is 19.3 Å². The quantitative estimate of drug-likeness (QED) is 0.921. The fourth-order valence-corrected chi connectivity index (χ4v) is 2.66. The molecule has 1 fully saturated rings. The lowest BCUT2D eigenvalue weighted by Crippen LogP contribution is -2.28. The molecule has 23 heavy (non-hydrogen) atoms. The van der Waals surface area contributed by atoms with Crippen LogP contribution in [0.4, 0.5) is 10.3 Å². The van der Waals surface area contributed by atoms with E-state index < -0.39 is 0 Å². The molecule has 5 nitrogen and oxygen atoms in total. The molecule has 1 aliphatic heterocycles. The van der Waals surface area contributed by atoms with Crippen molar-refractivity contribution in [3.8, 4) is 0 Å². The normalized spacial score (nSPS) is 14.0. The van der Waals surface area contributed by atoms with Crippen molar-refractivity contribution in [3.05, 3.63) is 53.6 Å². The van der Waals surface area contributed by atoms with Crippen molar-refractivity contribution in [2.24, 2.45) is 0 Å². The molecule has 2 heterocycles. The Bertz CT molecular complexity index is 686. The molecule has 1 amide bonds. The van der Waals surface area contributed by atoms with E-state index in [2.05, 4.69) is 15.3 Å². The van der Waals surface area contributed by atoms with Gasteiger partial charge in [-0.15, -0.1) is 0 Å². The summed E-state index contributed by atoms with van der Waals surface area (Å²) in [5.41, 5.74) is 1.04. The molecule has 1 aliphatic rings. The Morgan fingerprint density at radius 1 is 1.22 bits per heavy atom. The standard InChI is InChI=1S/C17H19FN4O/c18-14-6-2-1-5-13(14)7-9-19-17-20-10-8-15(21-17)16(23)22-11-3-4-12-22/h1-2,5-6,8,10H,3-4,7,9,11-12H2,(H,19,20,21). The molecule has 0 radical (unpaired) electrons. The number of likely N-dealkylation sites (tertiary alicyclic amines) is 1. The molecule has 1 saturated heterocycles. The number of anilines is 1. The first-order valence-corrected chi connectivity index (χ1v) is 7.83. The lowest BCUT2D eigenvalue weighted by Gasteiger charge is -2.14. The van der Waals surface area contributed by atoms with E-state index in [9.17, 15) is 9.18 Å². The van der Waals surface area contributed by atoms with Crippen LogP contribution in [0.1, 0.15) is 28.9 Å². The fourth-order valence-electron chi connectivity index (χ4n) is 2.66. The fraction of sp³-hybridized carbons (Fsp3) is 0.353. The molecule has 1 aromatic heterocycles. The number of nitrogens with zero attached hydrogens (tertiary/aromatic N) is 3. The molecule has 120 valence electrons. The Morgan fingerprint density at radius 2 is 2.00 bits per heavy atom. The minimum atomic E-state index is -0.215. The van der Waals surface area contributed by atoms with Gasteiger partial charge in [0.2, 0.25) is 5.95 Å². The molecule has 0 spiro atoms. The summed E-state index contributed by atoms with van der Waals surface area (Å²) in [5, 5.41) is 3.05. The predicted molar refractivity (Wildman–Crippen MR) is 85.8 cm³/mol. The summed E-state index contributed by atoms with van der Waals surface area (Å²) in [4.78, 5) is 22.5.